The Labute approximate surface area is 208 Å². The molecule has 0 atom stereocenters. The summed E-state index contributed by atoms with van der Waals surface area (Å²) in [5.74, 6) is 0.268. The lowest BCUT2D eigenvalue weighted by atomic mass is 9.83. The van der Waals surface area contributed by atoms with Gasteiger partial charge in [-0.2, -0.15) is 18.3 Å². The number of benzene rings is 1. The van der Waals surface area contributed by atoms with Gasteiger partial charge < -0.3 is 15.5 Å². The van der Waals surface area contributed by atoms with Crippen LogP contribution in [0.25, 0.3) is 0 Å². The van der Waals surface area contributed by atoms with Gasteiger partial charge in [0.2, 0.25) is 5.91 Å². The van der Waals surface area contributed by atoms with Crippen LogP contribution in [0.1, 0.15) is 49.9 Å². The normalized spacial score (nSPS) is 19.1. The number of aromatic nitrogens is 2. The molecule has 1 aliphatic heterocycles. The van der Waals surface area contributed by atoms with E-state index in [1.807, 2.05) is 0 Å². The van der Waals surface area contributed by atoms with E-state index < -0.39 is 43.8 Å². The highest BCUT2D eigenvalue weighted by Crippen LogP contribution is 2.60. The number of alkyl halides is 3. The number of carbonyl (C=O) groups is 2. The SMILES string of the molecule is CC1(C)c2[nH]nc(NC(=O)C3(S(C)(C)C)CCC3)c2CN1C(=O)Nc1c(Cl)cccc1C(F)(F)F. The summed E-state index contributed by atoms with van der Waals surface area (Å²) in [6.07, 6.45) is 4.33. The Hall–Kier alpha value is -2.40. The summed E-state index contributed by atoms with van der Waals surface area (Å²) in [5, 5.41) is 12.3. The summed E-state index contributed by atoms with van der Waals surface area (Å²) in [5.41, 5.74) is -1.20. The van der Waals surface area contributed by atoms with Crippen LogP contribution >= 0.6 is 21.6 Å². The van der Waals surface area contributed by atoms with Crippen LogP contribution in [0.5, 0.6) is 0 Å². The molecular formula is C23H29ClF3N5O2S. The number of anilines is 2. The predicted octanol–water partition coefficient (Wildman–Crippen LogP) is 5.92. The molecule has 1 aromatic heterocycles. The van der Waals surface area contributed by atoms with Crippen LogP contribution < -0.4 is 10.6 Å². The van der Waals surface area contributed by atoms with Crippen LogP contribution in [0.2, 0.25) is 5.02 Å². The van der Waals surface area contributed by atoms with Crippen molar-refractivity contribution in [2.45, 2.75) is 56.1 Å². The van der Waals surface area contributed by atoms with E-state index in [1.54, 1.807) is 13.8 Å². The first kappa shape index (κ1) is 25.7. The zero-order valence-corrected chi connectivity index (χ0v) is 21.8. The molecule has 35 heavy (non-hydrogen) atoms. The average Bonchev–Trinajstić information content (AvgIpc) is 3.18. The fraction of sp³-hybridized carbons (Fsp3) is 0.522. The molecule has 7 nitrogen and oxygen atoms in total. The fourth-order valence-corrected chi connectivity index (χ4v) is 7.19. The van der Waals surface area contributed by atoms with Gasteiger partial charge in [-0.3, -0.25) is 9.89 Å². The number of hydrogen-bond acceptors (Lipinski definition) is 3. The number of para-hydroxylation sites is 1. The number of carbonyl (C=O) groups excluding carboxylic acids is 2. The summed E-state index contributed by atoms with van der Waals surface area (Å²) < 4.78 is 40.0. The average molecular weight is 532 g/mol. The highest BCUT2D eigenvalue weighted by atomic mass is 35.5. The third-order valence-corrected chi connectivity index (χ3v) is 10.5. The lowest BCUT2D eigenvalue weighted by molar-refractivity contribution is -0.137. The highest BCUT2D eigenvalue weighted by molar-refractivity contribution is 8.33. The first-order chi connectivity index (χ1) is 16.1. The van der Waals surface area contributed by atoms with Crippen LogP contribution in [0, 0.1) is 0 Å². The maximum atomic E-state index is 13.5. The molecule has 192 valence electrons. The fourth-order valence-electron chi connectivity index (χ4n) is 4.84. The molecule has 1 aromatic carbocycles. The van der Waals surface area contributed by atoms with Crippen LogP contribution in [-0.4, -0.2) is 50.5 Å². The number of halogens is 4. The van der Waals surface area contributed by atoms with Crippen LogP contribution in [0.3, 0.4) is 0 Å². The first-order valence-corrected chi connectivity index (χ1v) is 14.3. The molecule has 2 aromatic rings. The van der Waals surface area contributed by atoms with Crippen LogP contribution in [-0.2, 0) is 23.1 Å². The van der Waals surface area contributed by atoms with Crippen LogP contribution in [0.15, 0.2) is 18.2 Å². The number of nitrogens with zero attached hydrogens (tertiary/aromatic N) is 2. The Balaban J connectivity index is 1.58. The summed E-state index contributed by atoms with van der Waals surface area (Å²) in [7, 11) is -1.18. The van der Waals surface area contributed by atoms with Gasteiger partial charge in [-0.25, -0.2) is 14.8 Å². The maximum absolute atomic E-state index is 13.5. The van der Waals surface area contributed by atoms with Crippen molar-refractivity contribution in [3.63, 3.8) is 0 Å². The summed E-state index contributed by atoms with van der Waals surface area (Å²) >= 11 is 6.01. The highest BCUT2D eigenvalue weighted by Gasteiger charge is 2.51. The van der Waals surface area contributed by atoms with Gasteiger partial charge in [0, 0.05) is 5.56 Å². The number of amides is 3. The third-order valence-electron chi connectivity index (χ3n) is 7.25. The predicted molar refractivity (Wildman–Crippen MR) is 133 cm³/mol. The van der Waals surface area contributed by atoms with Crippen molar-refractivity contribution in [1.82, 2.24) is 15.1 Å². The van der Waals surface area contributed by atoms with E-state index in [9.17, 15) is 22.8 Å². The molecule has 0 saturated heterocycles. The van der Waals surface area contributed by atoms with Gasteiger partial charge in [0.05, 0.1) is 38.8 Å². The van der Waals surface area contributed by atoms with Crippen molar-refractivity contribution in [1.29, 1.82) is 0 Å². The molecular weight excluding hydrogens is 503 g/mol. The Morgan fingerprint density at radius 3 is 2.37 bits per heavy atom. The van der Waals surface area contributed by atoms with Crippen molar-refractivity contribution in [2.24, 2.45) is 0 Å². The lowest BCUT2D eigenvalue weighted by Crippen LogP contribution is -2.51. The lowest BCUT2D eigenvalue weighted by Gasteiger charge is -2.53. The van der Waals surface area contributed by atoms with Crippen molar-refractivity contribution >= 4 is 45.1 Å². The molecule has 1 saturated carbocycles. The molecule has 0 spiro atoms. The van der Waals surface area contributed by atoms with Gasteiger partial charge >= 0.3 is 12.2 Å². The Morgan fingerprint density at radius 1 is 1.17 bits per heavy atom. The number of fused-ring (bicyclic) bond motifs is 1. The quantitative estimate of drug-likeness (QED) is 0.457. The molecule has 0 bridgehead atoms. The summed E-state index contributed by atoms with van der Waals surface area (Å²) in [6, 6.07) is 2.59. The van der Waals surface area contributed by atoms with Gasteiger partial charge in [-0.1, -0.05) is 17.7 Å². The first-order valence-electron chi connectivity index (χ1n) is 11.1. The minimum atomic E-state index is -4.69. The second kappa shape index (κ2) is 8.33. The van der Waals surface area contributed by atoms with Crippen molar-refractivity contribution in [3.05, 3.63) is 40.0 Å². The molecule has 3 amide bonds. The number of H-pyrrole nitrogens is 1. The van der Waals surface area contributed by atoms with Gasteiger partial charge in [0.15, 0.2) is 5.82 Å². The van der Waals surface area contributed by atoms with E-state index in [1.165, 1.54) is 17.0 Å². The van der Waals surface area contributed by atoms with Crippen molar-refractivity contribution in [2.75, 3.05) is 29.4 Å². The van der Waals surface area contributed by atoms with E-state index >= 15 is 0 Å². The van der Waals surface area contributed by atoms with Crippen LogP contribution in [0.4, 0.5) is 29.5 Å². The maximum Gasteiger partial charge on any atom is 0.418 e. The molecule has 1 aliphatic carbocycles. The van der Waals surface area contributed by atoms with Gasteiger partial charge in [0.25, 0.3) is 0 Å². The monoisotopic (exact) mass is 531 g/mol. The number of nitrogens with one attached hydrogen (secondary N) is 3. The molecule has 2 heterocycles. The molecule has 2 aliphatic rings. The van der Waals surface area contributed by atoms with E-state index in [2.05, 4.69) is 39.6 Å². The molecule has 0 radical (unpaired) electrons. The smallest absolute Gasteiger partial charge is 0.309 e. The van der Waals surface area contributed by atoms with Crippen molar-refractivity contribution in [3.8, 4) is 0 Å². The standard InChI is InChI=1S/C23H29ClF3N5O2S/c1-21(2)17-13(18(31-30-17)29-19(33)22(10-7-11-22)35(3,4)5)12-32(21)20(34)28-16-14(23(25,26)27)8-6-9-15(16)24/h6,8-9H,7,10-12H2,1-5H3,(H,28,34)(H2,29,30,31,33). The molecule has 3 N–H and O–H groups in total. The minimum Gasteiger partial charge on any atom is -0.309 e. The Morgan fingerprint density at radius 2 is 1.83 bits per heavy atom. The van der Waals surface area contributed by atoms with Crippen molar-refractivity contribution < 1.29 is 22.8 Å². The third kappa shape index (κ3) is 4.16. The molecule has 1 fully saturated rings. The molecule has 0 unspecified atom stereocenters. The van der Waals surface area contributed by atoms with Gasteiger partial charge in [0.1, 0.15) is 0 Å². The zero-order valence-electron chi connectivity index (χ0n) is 20.2. The number of aromatic amines is 1. The Bertz CT molecular complexity index is 1180. The van der Waals surface area contributed by atoms with E-state index in [4.69, 9.17) is 11.6 Å². The Kier molecular flexibility index (Phi) is 6.11. The summed E-state index contributed by atoms with van der Waals surface area (Å²) in [4.78, 5) is 27.9. The molecule has 12 heteroatoms. The van der Waals surface area contributed by atoms with E-state index in [-0.39, 0.29) is 17.5 Å². The summed E-state index contributed by atoms with van der Waals surface area (Å²) in [6.45, 7) is 3.57. The number of hydrogen-bond donors (Lipinski definition) is 3. The largest absolute Gasteiger partial charge is 0.418 e. The van der Waals surface area contributed by atoms with Gasteiger partial charge in [-0.15, -0.1) is 0 Å². The second-order valence-corrected chi connectivity index (χ2v) is 15.2. The zero-order chi connectivity index (χ0) is 26.0. The van der Waals surface area contributed by atoms with E-state index in [0.717, 1.165) is 25.3 Å². The van der Waals surface area contributed by atoms with E-state index in [0.29, 0.717) is 17.1 Å². The second-order valence-electron chi connectivity index (χ2n) is 10.3. The number of urea groups is 1. The van der Waals surface area contributed by atoms with Gasteiger partial charge in [-0.05, 0) is 64.0 Å². The number of rotatable bonds is 4. The minimum absolute atomic E-state index is 0.0570. The topological polar surface area (TPSA) is 90.1 Å². The molecule has 4 rings (SSSR count).